The summed E-state index contributed by atoms with van der Waals surface area (Å²) < 4.78 is 7.69. The number of aryl methyl sites for hydroxylation is 1. The topological polar surface area (TPSA) is 101 Å². The van der Waals surface area contributed by atoms with Gasteiger partial charge < -0.3 is 19.9 Å². The second kappa shape index (κ2) is 7.51. The Kier molecular flexibility index (Phi) is 4.91. The van der Waals surface area contributed by atoms with Crippen molar-refractivity contribution in [2.24, 2.45) is 13.0 Å². The van der Waals surface area contributed by atoms with Crippen LogP contribution in [0.15, 0.2) is 31.2 Å². The Bertz CT molecular complexity index is 1030. The first-order chi connectivity index (χ1) is 13.5. The van der Waals surface area contributed by atoms with Gasteiger partial charge in [0.1, 0.15) is 5.65 Å². The van der Waals surface area contributed by atoms with Crippen LogP contribution in [0.25, 0.3) is 11.0 Å². The number of hydrogen-bond donors (Lipinski definition) is 2. The Morgan fingerprint density at radius 2 is 2.39 bits per heavy atom. The molecule has 1 amide bonds. The number of carbonyl (C=O) groups excluding carboxylic acids is 1. The fraction of sp³-hybridized carbons (Fsp3) is 0.333. The molecule has 9 nitrogen and oxygen atoms in total. The standard InChI is InChI=1S/C18H20ClN7O2/c1-3-14(27)26-5-4-11(8-26)10-28-17-15-13(19)7-20-16(15)23-18(24-17)22-12-6-21-25(2)9-12/h3,6-7,9,11H,1,4-5,8,10H2,2H3,(H2,20,22,23,24). The third-order valence-corrected chi connectivity index (χ3v) is 4.94. The average Bonchev–Trinajstić information content (AvgIpc) is 3.40. The van der Waals surface area contributed by atoms with Gasteiger partial charge in [0.15, 0.2) is 0 Å². The largest absolute Gasteiger partial charge is 0.477 e. The number of fused-ring (bicyclic) bond motifs is 1. The van der Waals surface area contributed by atoms with Gasteiger partial charge in [0, 0.05) is 38.4 Å². The minimum absolute atomic E-state index is 0.0523. The molecule has 0 saturated carbocycles. The number of amides is 1. The van der Waals surface area contributed by atoms with Crippen LogP contribution >= 0.6 is 11.6 Å². The lowest BCUT2D eigenvalue weighted by Gasteiger charge is -2.15. The zero-order valence-electron chi connectivity index (χ0n) is 15.4. The highest BCUT2D eigenvalue weighted by atomic mass is 35.5. The van der Waals surface area contributed by atoms with E-state index in [1.807, 2.05) is 13.2 Å². The Hall–Kier alpha value is -3.07. The van der Waals surface area contributed by atoms with Crippen molar-refractivity contribution in [3.63, 3.8) is 0 Å². The number of aromatic nitrogens is 5. The molecule has 0 radical (unpaired) electrons. The minimum atomic E-state index is -0.0523. The molecule has 4 rings (SSSR count). The molecule has 0 bridgehead atoms. The number of carbonyl (C=O) groups is 1. The Labute approximate surface area is 166 Å². The molecule has 10 heteroatoms. The van der Waals surface area contributed by atoms with Crippen LogP contribution in [0.1, 0.15) is 6.42 Å². The smallest absolute Gasteiger partial charge is 0.245 e. The summed E-state index contributed by atoms with van der Waals surface area (Å²) in [6.07, 6.45) is 7.36. The number of anilines is 2. The van der Waals surface area contributed by atoms with Crippen LogP contribution in [0.4, 0.5) is 11.6 Å². The Morgan fingerprint density at radius 1 is 1.54 bits per heavy atom. The third-order valence-electron chi connectivity index (χ3n) is 4.64. The molecule has 146 valence electrons. The van der Waals surface area contributed by atoms with Crippen LogP contribution in [0.2, 0.25) is 5.02 Å². The summed E-state index contributed by atoms with van der Waals surface area (Å²) in [5.74, 6) is 0.949. The predicted octanol–water partition coefficient (Wildman–Crippen LogP) is 2.50. The predicted molar refractivity (Wildman–Crippen MR) is 106 cm³/mol. The summed E-state index contributed by atoms with van der Waals surface area (Å²) in [5.41, 5.74) is 1.34. The van der Waals surface area contributed by atoms with Gasteiger partial charge >= 0.3 is 0 Å². The van der Waals surface area contributed by atoms with Crippen molar-refractivity contribution in [3.05, 3.63) is 36.3 Å². The number of rotatable bonds is 6. The Balaban J connectivity index is 1.53. The van der Waals surface area contributed by atoms with Crippen molar-refractivity contribution in [1.29, 1.82) is 0 Å². The molecule has 1 aliphatic heterocycles. The van der Waals surface area contributed by atoms with Crippen LogP contribution in [0.5, 0.6) is 5.88 Å². The number of halogens is 1. The van der Waals surface area contributed by atoms with E-state index in [2.05, 4.69) is 31.9 Å². The van der Waals surface area contributed by atoms with Crippen LogP contribution in [-0.4, -0.2) is 55.2 Å². The zero-order chi connectivity index (χ0) is 19.7. The molecule has 1 fully saturated rings. The summed E-state index contributed by atoms with van der Waals surface area (Å²) in [4.78, 5) is 25.5. The number of likely N-dealkylation sites (tertiary alicyclic amines) is 1. The van der Waals surface area contributed by atoms with E-state index in [9.17, 15) is 4.79 Å². The fourth-order valence-corrected chi connectivity index (χ4v) is 3.46. The van der Waals surface area contributed by atoms with Crippen LogP contribution in [0.3, 0.4) is 0 Å². The minimum Gasteiger partial charge on any atom is -0.477 e. The molecule has 1 unspecified atom stereocenters. The monoisotopic (exact) mass is 401 g/mol. The number of ether oxygens (including phenoxy) is 1. The van der Waals surface area contributed by atoms with Crippen LogP contribution < -0.4 is 10.1 Å². The van der Waals surface area contributed by atoms with E-state index in [4.69, 9.17) is 16.3 Å². The van der Waals surface area contributed by atoms with Gasteiger partial charge in [-0.15, -0.1) is 0 Å². The van der Waals surface area contributed by atoms with Gasteiger partial charge in [0.25, 0.3) is 0 Å². The molecular weight excluding hydrogens is 382 g/mol. The Morgan fingerprint density at radius 3 is 3.14 bits per heavy atom. The molecule has 0 aromatic carbocycles. The van der Waals surface area contributed by atoms with Crippen LogP contribution in [-0.2, 0) is 11.8 Å². The number of nitrogens with zero attached hydrogens (tertiary/aromatic N) is 5. The fourth-order valence-electron chi connectivity index (χ4n) is 3.23. The van der Waals surface area contributed by atoms with Crippen molar-refractivity contribution in [2.75, 3.05) is 25.0 Å². The number of H-pyrrole nitrogens is 1. The first-order valence-corrected chi connectivity index (χ1v) is 9.25. The molecular formula is C18H20ClN7O2. The van der Waals surface area contributed by atoms with E-state index >= 15 is 0 Å². The summed E-state index contributed by atoms with van der Waals surface area (Å²) in [7, 11) is 1.83. The SMILES string of the molecule is C=CC(=O)N1CCC(COc2nc(Nc3cnn(C)c3)nc3[nH]cc(Cl)c23)C1. The highest BCUT2D eigenvalue weighted by Gasteiger charge is 2.26. The van der Waals surface area contributed by atoms with Crippen molar-refractivity contribution in [3.8, 4) is 5.88 Å². The second-order valence-corrected chi connectivity index (χ2v) is 7.10. The van der Waals surface area contributed by atoms with E-state index in [0.29, 0.717) is 47.6 Å². The molecule has 3 aromatic rings. The van der Waals surface area contributed by atoms with E-state index in [-0.39, 0.29) is 11.8 Å². The number of aromatic amines is 1. The average molecular weight is 402 g/mol. The van der Waals surface area contributed by atoms with Crippen molar-refractivity contribution < 1.29 is 9.53 Å². The van der Waals surface area contributed by atoms with Gasteiger partial charge in [0.05, 0.1) is 28.9 Å². The van der Waals surface area contributed by atoms with Crippen molar-refractivity contribution in [2.45, 2.75) is 6.42 Å². The van der Waals surface area contributed by atoms with Gasteiger partial charge in [-0.3, -0.25) is 9.48 Å². The van der Waals surface area contributed by atoms with Crippen molar-refractivity contribution >= 4 is 40.2 Å². The summed E-state index contributed by atoms with van der Waals surface area (Å²) >= 11 is 6.28. The maximum atomic E-state index is 11.7. The van der Waals surface area contributed by atoms with Gasteiger partial charge in [-0.1, -0.05) is 18.2 Å². The maximum Gasteiger partial charge on any atom is 0.245 e. The molecule has 1 aliphatic rings. The van der Waals surface area contributed by atoms with E-state index in [1.165, 1.54) is 6.08 Å². The van der Waals surface area contributed by atoms with Gasteiger partial charge in [-0.05, 0) is 12.5 Å². The summed E-state index contributed by atoms with van der Waals surface area (Å²) in [6.45, 7) is 5.31. The van der Waals surface area contributed by atoms with Crippen molar-refractivity contribution in [1.82, 2.24) is 29.6 Å². The lowest BCUT2D eigenvalue weighted by molar-refractivity contribution is -0.125. The number of hydrogen-bond acceptors (Lipinski definition) is 6. The van der Waals surface area contributed by atoms with Gasteiger partial charge in [-0.2, -0.15) is 15.1 Å². The first kappa shape index (κ1) is 18.3. The molecule has 1 atom stereocenters. The molecule has 0 aliphatic carbocycles. The maximum absolute atomic E-state index is 11.7. The number of nitrogens with one attached hydrogen (secondary N) is 2. The van der Waals surface area contributed by atoms with E-state index in [1.54, 1.807) is 22.0 Å². The van der Waals surface area contributed by atoms with Gasteiger partial charge in [-0.25, -0.2) is 0 Å². The van der Waals surface area contributed by atoms with Gasteiger partial charge in [0.2, 0.25) is 17.7 Å². The summed E-state index contributed by atoms with van der Waals surface area (Å²) in [5, 5.41) is 8.36. The second-order valence-electron chi connectivity index (χ2n) is 6.69. The van der Waals surface area contributed by atoms with E-state index < -0.39 is 0 Å². The highest BCUT2D eigenvalue weighted by Crippen LogP contribution is 2.32. The molecule has 4 heterocycles. The zero-order valence-corrected chi connectivity index (χ0v) is 16.1. The quantitative estimate of drug-likeness (QED) is 0.615. The normalized spacial score (nSPS) is 16.5. The highest BCUT2D eigenvalue weighted by molar-refractivity contribution is 6.35. The molecule has 0 spiro atoms. The lowest BCUT2D eigenvalue weighted by Crippen LogP contribution is -2.27. The van der Waals surface area contributed by atoms with E-state index in [0.717, 1.165) is 12.1 Å². The molecule has 1 saturated heterocycles. The first-order valence-electron chi connectivity index (χ1n) is 8.88. The van der Waals surface area contributed by atoms with Crippen LogP contribution in [0, 0.1) is 5.92 Å². The molecule has 28 heavy (non-hydrogen) atoms. The third kappa shape index (κ3) is 3.65. The molecule has 2 N–H and O–H groups in total. The summed E-state index contributed by atoms with van der Waals surface area (Å²) in [6, 6.07) is 0. The molecule has 3 aromatic heterocycles. The lowest BCUT2D eigenvalue weighted by atomic mass is 10.1.